The number of nitrogens with two attached hydrogens (primary N) is 1. The average Bonchev–Trinajstić information content (AvgIpc) is 2.76. The monoisotopic (exact) mass is 195 g/mol. The molecule has 3 N–H and O–H groups in total. The number of aliphatic hydroxyl groups is 1. The van der Waals surface area contributed by atoms with Crippen LogP contribution in [0.3, 0.4) is 0 Å². The first-order chi connectivity index (χ1) is 6.63. The van der Waals surface area contributed by atoms with Crippen molar-refractivity contribution in [2.45, 2.75) is 51.2 Å². The maximum Gasteiger partial charge on any atom is 0.0572 e. The molecule has 3 aliphatic carbocycles. The van der Waals surface area contributed by atoms with Crippen molar-refractivity contribution in [1.29, 1.82) is 0 Å². The van der Waals surface area contributed by atoms with Gasteiger partial charge < -0.3 is 10.8 Å². The van der Waals surface area contributed by atoms with Gasteiger partial charge in [-0.25, -0.2) is 0 Å². The minimum Gasteiger partial charge on any atom is -0.393 e. The van der Waals surface area contributed by atoms with E-state index >= 15 is 0 Å². The van der Waals surface area contributed by atoms with Crippen molar-refractivity contribution in [2.24, 2.45) is 28.9 Å². The van der Waals surface area contributed by atoms with Crippen molar-refractivity contribution in [1.82, 2.24) is 0 Å². The molecule has 0 aromatic heterocycles. The van der Waals surface area contributed by atoms with Gasteiger partial charge in [0.1, 0.15) is 0 Å². The number of hydrogen-bond donors (Lipinski definition) is 2. The third-order valence-corrected chi connectivity index (χ3v) is 5.41. The predicted molar refractivity (Wildman–Crippen MR) is 55.6 cm³/mol. The Kier molecular flexibility index (Phi) is 1.79. The maximum absolute atomic E-state index is 9.91. The van der Waals surface area contributed by atoms with Crippen LogP contribution in [0.25, 0.3) is 0 Å². The summed E-state index contributed by atoms with van der Waals surface area (Å²) in [6.45, 7) is 2.18. The summed E-state index contributed by atoms with van der Waals surface area (Å²) in [4.78, 5) is 0. The zero-order valence-corrected chi connectivity index (χ0v) is 8.95. The number of aliphatic hydroxyl groups excluding tert-OH is 1. The average molecular weight is 195 g/mol. The van der Waals surface area contributed by atoms with Gasteiger partial charge in [-0.3, -0.25) is 0 Å². The fourth-order valence-corrected chi connectivity index (χ4v) is 4.62. The lowest BCUT2D eigenvalue weighted by molar-refractivity contribution is 0.0999. The fourth-order valence-electron chi connectivity index (χ4n) is 4.62. The van der Waals surface area contributed by atoms with Crippen molar-refractivity contribution in [2.75, 3.05) is 0 Å². The van der Waals surface area contributed by atoms with E-state index in [2.05, 4.69) is 6.92 Å². The van der Waals surface area contributed by atoms with Crippen molar-refractivity contribution in [3.8, 4) is 0 Å². The lowest BCUT2D eigenvalue weighted by Gasteiger charge is -2.39. The van der Waals surface area contributed by atoms with Gasteiger partial charge in [0.15, 0.2) is 0 Å². The predicted octanol–water partition coefficient (Wildman–Crippen LogP) is 1.52. The Bertz CT molecular complexity index is 239. The Morgan fingerprint density at radius 2 is 2.07 bits per heavy atom. The van der Waals surface area contributed by atoms with Crippen LogP contribution in [-0.2, 0) is 0 Å². The molecule has 3 aliphatic rings. The lowest BCUT2D eigenvalue weighted by Crippen LogP contribution is -2.45. The van der Waals surface area contributed by atoms with Gasteiger partial charge in [-0.2, -0.15) is 0 Å². The molecule has 0 aliphatic heterocycles. The van der Waals surface area contributed by atoms with Gasteiger partial charge in [0.25, 0.3) is 0 Å². The van der Waals surface area contributed by atoms with Crippen LogP contribution in [0.2, 0.25) is 0 Å². The standard InChI is InChI=1S/C12H21NO/c1-7-5-12(6-10(7)14)9-3-2-8(4-9)11(12)13/h7-11,14H,2-6,13H2,1H3/t7-,8?,9?,10?,11+,12?/m0/s1. The van der Waals surface area contributed by atoms with Gasteiger partial charge in [0.2, 0.25) is 0 Å². The Morgan fingerprint density at radius 1 is 1.29 bits per heavy atom. The fraction of sp³-hybridized carbons (Fsp3) is 1.00. The molecule has 3 fully saturated rings. The second kappa shape index (κ2) is 2.73. The topological polar surface area (TPSA) is 46.2 Å². The second-order valence-corrected chi connectivity index (χ2v) is 5.98. The molecule has 0 saturated heterocycles. The molecule has 4 unspecified atom stereocenters. The van der Waals surface area contributed by atoms with Gasteiger partial charge in [0, 0.05) is 6.04 Å². The minimum atomic E-state index is -0.0830. The molecule has 0 aromatic rings. The van der Waals surface area contributed by atoms with Crippen LogP contribution in [0.1, 0.15) is 39.0 Å². The summed E-state index contributed by atoms with van der Waals surface area (Å²) in [7, 11) is 0. The molecule has 0 radical (unpaired) electrons. The van der Waals surface area contributed by atoms with Crippen LogP contribution in [0, 0.1) is 23.2 Å². The molecule has 2 heteroatoms. The van der Waals surface area contributed by atoms with E-state index in [1.165, 1.54) is 25.7 Å². The van der Waals surface area contributed by atoms with Crippen LogP contribution in [0.15, 0.2) is 0 Å². The quantitative estimate of drug-likeness (QED) is 0.615. The molecular weight excluding hydrogens is 174 g/mol. The van der Waals surface area contributed by atoms with E-state index in [-0.39, 0.29) is 6.10 Å². The minimum absolute atomic E-state index is 0.0830. The van der Waals surface area contributed by atoms with Crippen LogP contribution < -0.4 is 5.73 Å². The third kappa shape index (κ3) is 0.938. The first-order valence-corrected chi connectivity index (χ1v) is 6.07. The summed E-state index contributed by atoms with van der Waals surface area (Å²) in [5.41, 5.74) is 6.71. The largest absolute Gasteiger partial charge is 0.393 e. The van der Waals surface area contributed by atoms with Crippen LogP contribution in [0.5, 0.6) is 0 Å². The van der Waals surface area contributed by atoms with Gasteiger partial charge in [-0.1, -0.05) is 6.92 Å². The summed E-state index contributed by atoms with van der Waals surface area (Å²) < 4.78 is 0. The molecule has 14 heavy (non-hydrogen) atoms. The lowest BCUT2D eigenvalue weighted by atomic mass is 9.68. The highest BCUT2D eigenvalue weighted by atomic mass is 16.3. The molecule has 3 saturated carbocycles. The molecule has 2 bridgehead atoms. The van der Waals surface area contributed by atoms with Crippen LogP contribution >= 0.6 is 0 Å². The molecule has 1 spiro atoms. The second-order valence-electron chi connectivity index (χ2n) is 5.98. The van der Waals surface area contributed by atoms with E-state index in [9.17, 15) is 5.11 Å². The number of fused-ring (bicyclic) bond motifs is 3. The van der Waals surface area contributed by atoms with E-state index in [0.717, 1.165) is 18.3 Å². The summed E-state index contributed by atoms with van der Waals surface area (Å²) >= 11 is 0. The Hall–Kier alpha value is -0.0800. The third-order valence-electron chi connectivity index (χ3n) is 5.41. The van der Waals surface area contributed by atoms with Gasteiger partial charge in [-0.15, -0.1) is 0 Å². The Labute approximate surface area is 85.9 Å². The smallest absolute Gasteiger partial charge is 0.0572 e. The van der Waals surface area contributed by atoms with Crippen LogP contribution in [-0.4, -0.2) is 17.3 Å². The molecule has 0 aromatic carbocycles. The van der Waals surface area contributed by atoms with E-state index in [1.54, 1.807) is 0 Å². The van der Waals surface area contributed by atoms with Crippen molar-refractivity contribution in [3.63, 3.8) is 0 Å². The van der Waals surface area contributed by atoms with Gasteiger partial charge >= 0.3 is 0 Å². The number of hydrogen-bond acceptors (Lipinski definition) is 2. The summed E-state index contributed by atoms with van der Waals surface area (Å²) in [6, 6.07) is 0.390. The van der Waals surface area contributed by atoms with Crippen LogP contribution in [0.4, 0.5) is 0 Å². The zero-order chi connectivity index (χ0) is 9.92. The van der Waals surface area contributed by atoms with Gasteiger partial charge in [0.05, 0.1) is 6.10 Å². The molecular formula is C12H21NO. The van der Waals surface area contributed by atoms with E-state index in [0.29, 0.717) is 17.4 Å². The molecule has 0 heterocycles. The summed E-state index contributed by atoms with van der Waals surface area (Å²) in [5, 5.41) is 9.91. The highest BCUT2D eigenvalue weighted by Crippen LogP contribution is 2.62. The highest BCUT2D eigenvalue weighted by Gasteiger charge is 2.60. The Balaban J connectivity index is 1.91. The SMILES string of the molecule is C[C@H]1CC2(CC1O)C1CCC(C1)[C@H]2N. The summed E-state index contributed by atoms with van der Waals surface area (Å²) in [6.07, 6.45) is 6.14. The van der Waals surface area contributed by atoms with Crippen molar-refractivity contribution in [3.05, 3.63) is 0 Å². The molecule has 2 nitrogen and oxygen atoms in total. The van der Waals surface area contributed by atoms with E-state index in [4.69, 9.17) is 5.73 Å². The van der Waals surface area contributed by atoms with Gasteiger partial charge in [-0.05, 0) is 55.3 Å². The highest BCUT2D eigenvalue weighted by molar-refractivity contribution is 5.12. The zero-order valence-electron chi connectivity index (χ0n) is 8.95. The van der Waals surface area contributed by atoms with E-state index in [1.807, 2.05) is 0 Å². The van der Waals surface area contributed by atoms with Crippen molar-refractivity contribution < 1.29 is 5.11 Å². The number of rotatable bonds is 0. The van der Waals surface area contributed by atoms with Crippen molar-refractivity contribution >= 4 is 0 Å². The van der Waals surface area contributed by atoms with E-state index < -0.39 is 0 Å². The molecule has 80 valence electrons. The Morgan fingerprint density at radius 3 is 2.57 bits per heavy atom. The first kappa shape index (κ1) is 9.17. The maximum atomic E-state index is 9.91. The first-order valence-electron chi connectivity index (χ1n) is 6.07. The normalized spacial score (nSPS) is 61.5. The molecule has 3 rings (SSSR count). The molecule has 6 atom stereocenters. The molecule has 0 amide bonds. The summed E-state index contributed by atoms with van der Waals surface area (Å²) in [5.74, 6) is 2.08.